The lowest BCUT2D eigenvalue weighted by atomic mass is 9.81. The van der Waals surface area contributed by atoms with E-state index in [1.807, 2.05) is 6.92 Å². The van der Waals surface area contributed by atoms with Crippen LogP contribution in [0.25, 0.3) is 0 Å². The number of urea groups is 1. The maximum atomic E-state index is 12.1. The third-order valence-corrected chi connectivity index (χ3v) is 4.42. The molecule has 1 aliphatic heterocycles. The minimum Gasteiger partial charge on any atom is -0.467 e. The fourth-order valence-corrected chi connectivity index (χ4v) is 3.29. The first-order valence-electron chi connectivity index (χ1n) is 8.65. The predicted molar refractivity (Wildman–Crippen MR) is 91.6 cm³/mol. The van der Waals surface area contributed by atoms with E-state index in [1.54, 1.807) is 12.1 Å². The molecule has 6 nitrogen and oxygen atoms in total. The molecule has 1 fully saturated rings. The summed E-state index contributed by atoms with van der Waals surface area (Å²) in [7, 11) is 0. The molecule has 0 radical (unpaired) electrons. The first-order valence-corrected chi connectivity index (χ1v) is 8.65. The zero-order valence-electron chi connectivity index (χ0n) is 15.0. The minimum atomic E-state index is -0.719. The molecule has 2 rings (SSSR count). The Kier molecular flexibility index (Phi) is 6.29. The number of carbonyl (C=O) groups excluding carboxylic acids is 1. The number of hydrogen-bond acceptors (Lipinski definition) is 4. The Morgan fingerprint density at radius 2 is 2.21 bits per heavy atom. The van der Waals surface area contributed by atoms with Gasteiger partial charge in [0.2, 0.25) is 0 Å². The monoisotopic (exact) mass is 338 g/mol. The Morgan fingerprint density at radius 1 is 1.46 bits per heavy atom. The summed E-state index contributed by atoms with van der Waals surface area (Å²) in [6.45, 7) is 9.70. The first kappa shape index (κ1) is 18.8. The zero-order valence-corrected chi connectivity index (χ0v) is 15.0. The van der Waals surface area contributed by atoms with Crippen LogP contribution in [0.5, 0.6) is 0 Å². The fraction of sp³-hybridized carbons (Fsp3) is 0.722. The molecule has 4 atom stereocenters. The standard InChI is InChI=1S/C18H30N2O4/c1-12(10-14(21)15-6-5-8-23-15)20-17(22)19-11-13-7-9-24-16(13)18(2,3)4/h5-6,8,12-14,16,21H,7,9-11H2,1-4H3,(H2,19,20,22). The second-order valence-corrected chi connectivity index (χ2v) is 7.73. The van der Waals surface area contributed by atoms with Crippen LogP contribution in [0.3, 0.4) is 0 Å². The Hall–Kier alpha value is -1.53. The van der Waals surface area contributed by atoms with Crippen LogP contribution in [0.4, 0.5) is 4.79 Å². The summed E-state index contributed by atoms with van der Waals surface area (Å²) >= 11 is 0. The van der Waals surface area contributed by atoms with Gasteiger partial charge in [-0.05, 0) is 30.9 Å². The number of rotatable bonds is 6. The normalized spacial score (nSPS) is 23.7. The maximum Gasteiger partial charge on any atom is 0.315 e. The van der Waals surface area contributed by atoms with Crippen LogP contribution in [-0.2, 0) is 4.74 Å². The summed E-state index contributed by atoms with van der Waals surface area (Å²) in [6, 6.07) is 3.08. The molecular weight excluding hydrogens is 308 g/mol. The molecule has 1 aliphatic rings. The van der Waals surface area contributed by atoms with Crippen molar-refractivity contribution in [3.8, 4) is 0 Å². The van der Waals surface area contributed by atoms with Gasteiger partial charge in [-0.3, -0.25) is 0 Å². The smallest absolute Gasteiger partial charge is 0.315 e. The lowest BCUT2D eigenvalue weighted by molar-refractivity contribution is 0.00773. The largest absolute Gasteiger partial charge is 0.467 e. The summed E-state index contributed by atoms with van der Waals surface area (Å²) in [4.78, 5) is 12.1. The molecule has 1 aromatic heterocycles. The molecule has 136 valence electrons. The Balaban J connectivity index is 1.73. The van der Waals surface area contributed by atoms with Gasteiger partial charge < -0.3 is 24.9 Å². The van der Waals surface area contributed by atoms with Gasteiger partial charge in [0.15, 0.2) is 0 Å². The highest BCUT2D eigenvalue weighted by Gasteiger charge is 2.37. The van der Waals surface area contributed by atoms with Crippen molar-refractivity contribution in [1.29, 1.82) is 0 Å². The predicted octanol–water partition coefficient (Wildman–Crippen LogP) is 2.84. The van der Waals surface area contributed by atoms with Gasteiger partial charge in [0.05, 0.1) is 12.4 Å². The van der Waals surface area contributed by atoms with E-state index in [2.05, 4.69) is 31.4 Å². The van der Waals surface area contributed by atoms with Gasteiger partial charge >= 0.3 is 6.03 Å². The van der Waals surface area contributed by atoms with Crippen molar-refractivity contribution < 1.29 is 19.1 Å². The molecule has 2 amide bonds. The van der Waals surface area contributed by atoms with Crippen molar-refractivity contribution >= 4 is 6.03 Å². The summed E-state index contributed by atoms with van der Waals surface area (Å²) in [5.74, 6) is 0.847. The van der Waals surface area contributed by atoms with Gasteiger partial charge in [-0.15, -0.1) is 0 Å². The van der Waals surface area contributed by atoms with Gasteiger partial charge in [0.1, 0.15) is 11.9 Å². The van der Waals surface area contributed by atoms with E-state index in [0.717, 1.165) is 13.0 Å². The molecule has 24 heavy (non-hydrogen) atoms. The van der Waals surface area contributed by atoms with E-state index >= 15 is 0 Å². The summed E-state index contributed by atoms with van der Waals surface area (Å²) in [5, 5.41) is 15.8. The van der Waals surface area contributed by atoms with Gasteiger partial charge in [-0.2, -0.15) is 0 Å². The average molecular weight is 338 g/mol. The van der Waals surface area contributed by atoms with E-state index < -0.39 is 6.10 Å². The molecule has 1 aromatic rings. The molecule has 1 saturated heterocycles. The molecule has 2 heterocycles. The van der Waals surface area contributed by atoms with E-state index in [-0.39, 0.29) is 23.6 Å². The number of furan rings is 1. The highest BCUT2D eigenvalue weighted by molar-refractivity contribution is 5.74. The number of aliphatic hydroxyl groups excluding tert-OH is 1. The number of carbonyl (C=O) groups is 1. The van der Waals surface area contributed by atoms with Crippen molar-refractivity contribution in [3.05, 3.63) is 24.2 Å². The molecule has 0 saturated carbocycles. The molecule has 4 unspecified atom stereocenters. The van der Waals surface area contributed by atoms with Crippen LogP contribution in [0.2, 0.25) is 0 Å². The number of hydrogen-bond donors (Lipinski definition) is 3. The van der Waals surface area contributed by atoms with E-state index in [0.29, 0.717) is 24.6 Å². The van der Waals surface area contributed by atoms with Crippen molar-refractivity contribution in [2.75, 3.05) is 13.2 Å². The molecule has 0 spiro atoms. The Morgan fingerprint density at radius 3 is 2.83 bits per heavy atom. The van der Waals surface area contributed by atoms with E-state index in [9.17, 15) is 9.90 Å². The number of aliphatic hydroxyl groups is 1. The zero-order chi connectivity index (χ0) is 17.7. The molecule has 0 aromatic carbocycles. The fourth-order valence-electron chi connectivity index (χ4n) is 3.29. The van der Waals surface area contributed by atoms with Gasteiger partial charge in [-0.25, -0.2) is 4.79 Å². The van der Waals surface area contributed by atoms with Crippen molar-refractivity contribution in [2.24, 2.45) is 11.3 Å². The number of nitrogens with one attached hydrogen (secondary N) is 2. The average Bonchev–Trinajstić information content (AvgIpc) is 3.15. The van der Waals surface area contributed by atoms with Crippen LogP contribution in [0.15, 0.2) is 22.8 Å². The third kappa shape index (κ3) is 5.24. The Bertz CT molecular complexity index is 510. The lowest BCUT2D eigenvalue weighted by Gasteiger charge is -2.31. The first-order chi connectivity index (χ1) is 11.3. The topological polar surface area (TPSA) is 83.7 Å². The highest BCUT2D eigenvalue weighted by atomic mass is 16.5. The summed E-state index contributed by atoms with van der Waals surface area (Å²) in [5.41, 5.74) is 0.0692. The van der Waals surface area contributed by atoms with Crippen LogP contribution in [-0.4, -0.2) is 36.4 Å². The summed E-state index contributed by atoms with van der Waals surface area (Å²) in [6.07, 6.45) is 2.34. The van der Waals surface area contributed by atoms with Crippen LogP contribution < -0.4 is 10.6 Å². The Labute approximate surface area is 143 Å². The number of ether oxygens (including phenoxy) is 1. The van der Waals surface area contributed by atoms with Crippen molar-refractivity contribution in [2.45, 2.75) is 58.8 Å². The molecular formula is C18H30N2O4. The molecule has 6 heteroatoms. The van der Waals surface area contributed by atoms with Gasteiger partial charge in [0, 0.05) is 31.5 Å². The van der Waals surface area contributed by atoms with Crippen LogP contribution >= 0.6 is 0 Å². The SMILES string of the molecule is CC(CC(O)c1ccco1)NC(=O)NCC1CCOC1C(C)(C)C. The highest BCUT2D eigenvalue weighted by Crippen LogP contribution is 2.34. The number of amides is 2. The van der Waals surface area contributed by atoms with E-state index in [4.69, 9.17) is 9.15 Å². The van der Waals surface area contributed by atoms with Crippen molar-refractivity contribution in [3.63, 3.8) is 0 Å². The quantitative estimate of drug-likeness (QED) is 0.745. The second kappa shape index (κ2) is 8.03. The molecule has 0 aliphatic carbocycles. The maximum absolute atomic E-state index is 12.1. The van der Waals surface area contributed by atoms with E-state index in [1.165, 1.54) is 6.26 Å². The molecule has 0 bridgehead atoms. The lowest BCUT2D eigenvalue weighted by Crippen LogP contribution is -2.45. The van der Waals surface area contributed by atoms with Crippen LogP contribution in [0, 0.1) is 11.3 Å². The second-order valence-electron chi connectivity index (χ2n) is 7.73. The summed E-state index contributed by atoms with van der Waals surface area (Å²) < 4.78 is 11.0. The van der Waals surface area contributed by atoms with Crippen LogP contribution in [0.1, 0.15) is 52.4 Å². The van der Waals surface area contributed by atoms with Crippen molar-refractivity contribution in [1.82, 2.24) is 10.6 Å². The third-order valence-electron chi connectivity index (χ3n) is 4.42. The van der Waals surface area contributed by atoms with Gasteiger partial charge in [-0.1, -0.05) is 20.8 Å². The molecule has 3 N–H and O–H groups in total. The van der Waals surface area contributed by atoms with Gasteiger partial charge in [0.25, 0.3) is 0 Å². The minimum absolute atomic E-state index is 0.0692.